The van der Waals surface area contributed by atoms with Gasteiger partial charge >= 0.3 is 0 Å². The van der Waals surface area contributed by atoms with E-state index in [1.165, 1.54) is 6.07 Å². The zero-order valence-electron chi connectivity index (χ0n) is 9.77. The number of nitrogens with zero attached hydrogens (tertiary/aromatic N) is 2. The molecular weight excluding hydrogens is 221 g/mol. The Bertz CT molecular complexity index is 537. The molecule has 5 heteroatoms. The number of rotatable bonds is 3. The minimum Gasteiger partial charge on any atom is -0.436 e. The molecule has 1 aromatic carbocycles. The van der Waals surface area contributed by atoms with Gasteiger partial charge in [0.15, 0.2) is 11.6 Å². The van der Waals surface area contributed by atoms with Crippen molar-refractivity contribution in [3.63, 3.8) is 0 Å². The maximum Gasteiger partial charge on any atom is 0.217 e. The molecule has 0 spiro atoms. The zero-order chi connectivity index (χ0) is 12.4. The van der Waals surface area contributed by atoms with Crippen molar-refractivity contribution in [1.29, 1.82) is 0 Å². The van der Waals surface area contributed by atoms with Crippen molar-refractivity contribution < 1.29 is 9.13 Å². The Morgan fingerprint density at radius 1 is 1.41 bits per heavy atom. The highest BCUT2D eigenvalue weighted by molar-refractivity contribution is 5.32. The predicted molar refractivity (Wildman–Crippen MR) is 62.3 cm³/mol. The van der Waals surface area contributed by atoms with Crippen molar-refractivity contribution in [2.24, 2.45) is 12.8 Å². The van der Waals surface area contributed by atoms with Crippen LogP contribution in [0.15, 0.2) is 24.3 Å². The number of aromatic nitrogens is 2. The molecule has 17 heavy (non-hydrogen) atoms. The zero-order valence-corrected chi connectivity index (χ0v) is 9.77. The third-order valence-corrected chi connectivity index (χ3v) is 2.41. The fourth-order valence-electron chi connectivity index (χ4n) is 1.55. The Balaban J connectivity index is 2.27. The number of aryl methyl sites for hydroxylation is 2. The molecule has 0 aliphatic heterocycles. The van der Waals surface area contributed by atoms with Crippen LogP contribution in [0.5, 0.6) is 11.6 Å². The Kier molecular flexibility index (Phi) is 3.10. The lowest BCUT2D eigenvalue weighted by Gasteiger charge is -2.07. The molecule has 0 atom stereocenters. The molecule has 90 valence electrons. The molecule has 4 nitrogen and oxygen atoms in total. The molecule has 0 aliphatic carbocycles. The predicted octanol–water partition coefficient (Wildman–Crippen LogP) is 2.12. The van der Waals surface area contributed by atoms with E-state index in [0.717, 1.165) is 11.3 Å². The molecule has 0 saturated carbocycles. The van der Waals surface area contributed by atoms with Gasteiger partial charge in [0.1, 0.15) is 0 Å². The molecule has 1 aromatic heterocycles. The molecule has 0 radical (unpaired) electrons. The van der Waals surface area contributed by atoms with Crippen molar-refractivity contribution >= 4 is 0 Å². The topological polar surface area (TPSA) is 53.1 Å². The fourth-order valence-corrected chi connectivity index (χ4v) is 1.55. The van der Waals surface area contributed by atoms with Crippen LogP contribution in [0.1, 0.15) is 11.3 Å². The van der Waals surface area contributed by atoms with E-state index in [4.69, 9.17) is 10.5 Å². The second-order valence-corrected chi connectivity index (χ2v) is 3.82. The number of halogens is 1. The summed E-state index contributed by atoms with van der Waals surface area (Å²) in [4.78, 5) is 0. The van der Waals surface area contributed by atoms with Crippen LogP contribution in [-0.2, 0) is 13.6 Å². The largest absolute Gasteiger partial charge is 0.436 e. The van der Waals surface area contributed by atoms with E-state index in [1.54, 1.807) is 29.9 Å². The number of nitrogens with two attached hydrogens (primary N) is 1. The Labute approximate surface area is 98.8 Å². The molecule has 0 unspecified atom stereocenters. The normalized spacial score (nSPS) is 10.6. The summed E-state index contributed by atoms with van der Waals surface area (Å²) in [5.74, 6) is 0.249. The molecule has 0 amide bonds. The van der Waals surface area contributed by atoms with Crippen molar-refractivity contribution in [2.45, 2.75) is 13.5 Å². The summed E-state index contributed by atoms with van der Waals surface area (Å²) in [6.07, 6.45) is 0. The summed E-state index contributed by atoms with van der Waals surface area (Å²) >= 11 is 0. The molecule has 2 aromatic rings. The first-order valence-electron chi connectivity index (χ1n) is 5.27. The van der Waals surface area contributed by atoms with Crippen LogP contribution in [0.3, 0.4) is 0 Å². The van der Waals surface area contributed by atoms with Gasteiger partial charge < -0.3 is 10.5 Å². The molecule has 1 heterocycles. The summed E-state index contributed by atoms with van der Waals surface area (Å²) in [5, 5.41) is 4.12. The van der Waals surface area contributed by atoms with Gasteiger partial charge in [0.2, 0.25) is 5.88 Å². The highest BCUT2D eigenvalue weighted by Crippen LogP contribution is 2.25. The van der Waals surface area contributed by atoms with Crippen LogP contribution < -0.4 is 10.5 Å². The van der Waals surface area contributed by atoms with Crippen molar-refractivity contribution in [3.05, 3.63) is 41.3 Å². The van der Waals surface area contributed by atoms with Crippen LogP contribution in [0, 0.1) is 12.7 Å². The Hall–Kier alpha value is -1.88. The number of benzene rings is 1. The molecule has 0 aliphatic rings. The molecule has 2 N–H and O–H groups in total. The highest BCUT2D eigenvalue weighted by Gasteiger charge is 2.09. The lowest BCUT2D eigenvalue weighted by molar-refractivity contribution is 0.403. The quantitative estimate of drug-likeness (QED) is 0.886. The first-order chi connectivity index (χ1) is 8.10. The minimum atomic E-state index is -0.424. The summed E-state index contributed by atoms with van der Waals surface area (Å²) in [7, 11) is 1.74. The van der Waals surface area contributed by atoms with Crippen LogP contribution in [0.2, 0.25) is 0 Å². The first-order valence-corrected chi connectivity index (χ1v) is 5.27. The number of hydrogen-bond acceptors (Lipinski definition) is 3. The van der Waals surface area contributed by atoms with Crippen LogP contribution in [-0.4, -0.2) is 9.78 Å². The molecule has 0 fully saturated rings. The van der Waals surface area contributed by atoms with Gasteiger partial charge in [-0.3, -0.25) is 0 Å². The lowest BCUT2D eigenvalue weighted by atomic mass is 10.2. The second kappa shape index (κ2) is 4.55. The van der Waals surface area contributed by atoms with E-state index in [0.29, 0.717) is 12.4 Å². The van der Waals surface area contributed by atoms with Gasteiger partial charge in [-0.1, -0.05) is 6.07 Å². The Morgan fingerprint density at radius 2 is 2.18 bits per heavy atom. The lowest BCUT2D eigenvalue weighted by Crippen LogP contribution is -1.99. The molecule has 0 saturated heterocycles. The standard InChI is InChI=1S/C12H14FN3O/c1-8-5-12(16(2)15-8)17-11-4-3-9(7-14)6-10(11)13/h3-6H,7,14H2,1-2H3. The minimum absolute atomic E-state index is 0.171. The van der Waals surface area contributed by atoms with Gasteiger partial charge in [0.25, 0.3) is 0 Å². The Morgan fingerprint density at radius 3 is 2.71 bits per heavy atom. The second-order valence-electron chi connectivity index (χ2n) is 3.82. The van der Waals surface area contributed by atoms with E-state index in [2.05, 4.69) is 5.10 Å². The van der Waals surface area contributed by atoms with Gasteiger partial charge in [0.05, 0.1) is 5.69 Å². The average molecular weight is 235 g/mol. The third-order valence-electron chi connectivity index (χ3n) is 2.41. The molecule has 2 rings (SSSR count). The summed E-state index contributed by atoms with van der Waals surface area (Å²) in [5.41, 5.74) is 6.98. The van der Waals surface area contributed by atoms with Crippen LogP contribution in [0.4, 0.5) is 4.39 Å². The first kappa shape index (κ1) is 11.6. The van der Waals surface area contributed by atoms with Gasteiger partial charge in [-0.15, -0.1) is 0 Å². The average Bonchev–Trinajstić information content (AvgIpc) is 2.60. The van der Waals surface area contributed by atoms with Gasteiger partial charge in [0, 0.05) is 19.7 Å². The third kappa shape index (κ3) is 2.45. The molecular formula is C12H14FN3O. The van der Waals surface area contributed by atoms with Crippen molar-refractivity contribution in [2.75, 3.05) is 0 Å². The van der Waals surface area contributed by atoms with E-state index in [1.807, 2.05) is 6.92 Å². The smallest absolute Gasteiger partial charge is 0.217 e. The van der Waals surface area contributed by atoms with E-state index >= 15 is 0 Å². The van der Waals surface area contributed by atoms with Gasteiger partial charge in [-0.2, -0.15) is 5.10 Å². The molecule has 0 bridgehead atoms. The van der Waals surface area contributed by atoms with Crippen molar-refractivity contribution in [3.8, 4) is 11.6 Å². The monoisotopic (exact) mass is 235 g/mol. The van der Waals surface area contributed by atoms with E-state index < -0.39 is 5.82 Å². The van der Waals surface area contributed by atoms with E-state index in [9.17, 15) is 4.39 Å². The fraction of sp³-hybridized carbons (Fsp3) is 0.250. The van der Waals surface area contributed by atoms with Crippen molar-refractivity contribution in [1.82, 2.24) is 9.78 Å². The summed E-state index contributed by atoms with van der Waals surface area (Å²) in [6, 6.07) is 6.43. The maximum absolute atomic E-state index is 13.7. The summed E-state index contributed by atoms with van der Waals surface area (Å²) in [6.45, 7) is 2.16. The van der Waals surface area contributed by atoms with Crippen LogP contribution >= 0.6 is 0 Å². The maximum atomic E-state index is 13.7. The van der Waals surface area contributed by atoms with Crippen LogP contribution in [0.25, 0.3) is 0 Å². The SMILES string of the molecule is Cc1cc(Oc2ccc(CN)cc2F)n(C)n1. The number of ether oxygens (including phenoxy) is 1. The summed E-state index contributed by atoms with van der Waals surface area (Å²) < 4.78 is 20.7. The van der Waals surface area contributed by atoms with E-state index in [-0.39, 0.29) is 5.75 Å². The van der Waals surface area contributed by atoms with Gasteiger partial charge in [-0.25, -0.2) is 9.07 Å². The number of hydrogen-bond donors (Lipinski definition) is 1. The van der Waals surface area contributed by atoms with Gasteiger partial charge in [-0.05, 0) is 24.6 Å². The highest BCUT2D eigenvalue weighted by atomic mass is 19.1.